The van der Waals surface area contributed by atoms with E-state index in [9.17, 15) is 18.0 Å². The van der Waals surface area contributed by atoms with Gasteiger partial charge >= 0.3 is 5.97 Å². The number of hydrogen-bond donors (Lipinski definition) is 2. The Balaban J connectivity index is 1.74. The number of likely N-dealkylation sites (N-methyl/N-ethyl adjacent to an activating group) is 1. The van der Waals surface area contributed by atoms with Crippen molar-refractivity contribution in [2.75, 3.05) is 13.6 Å². The monoisotopic (exact) mass is 426 g/mol. The zero-order chi connectivity index (χ0) is 21.7. The predicted octanol–water partition coefficient (Wildman–Crippen LogP) is 2.79. The zero-order valence-electron chi connectivity index (χ0n) is 16.4. The fraction of sp³-hybridized carbons (Fsp3) is 0.182. The number of benzene rings is 3. The molecular formula is C22H22N2O5S. The number of fused-ring (bicyclic) bond motifs is 1. The second-order valence-electron chi connectivity index (χ2n) is 6.90. The van der Waals surface area contributed by atoms with Crippen molar-refractivity contribution in [3.05, 3.63) is 78.4 Å². The van der Waals surface area contributed by atoms with Gasteiger partial charge in [0.2, 0.25) is 15.9 Å². The Morgan fingerprint density at radius 1 is 0.967 bits per heavy atom. The van der Waals surface area contributed by atoms with Gasteiger partial charge in [-0.3, -0.25) is 9.59 Å². The summed E-state index contributed by atoms with van der Waals surface area (Å²) in [6.07, 6.45) is -0.309. The van der Waals surface area contributed by atoms with E-state index in [-0.39, 0.29) is 11.3 Å². The summed E-state index contributed by atoms with van der Waals surface area (Å²) >= 11 is 0. The van der Waals surface area contributed by atoms with E-state index in [0.717, 1.165) is 15.1 Å². The lowest BCUT2D eigenvalue weighted by atomic mass is 10.0. The lowest BCUT2D eigenvalue weighted by molar-refractivity contribution is -0.137. The van der Waals surface area contributed by atoms with Gasteiger partial charge in [-0.25, -0.2) is 8.42 Å². The molecule has 0 aliphatic heterocycles. The summed E-state index contributed by atoms with van der Waals surface area (Å²) in [6, 6.07) is 20.1. The Kier molecular flexibility index (Phi) is 6.49. The van der Waals surface area contributed by atoms with E-state index in [2.05, 4.69) is 5.32 Å². The molecule has 1 amide bonds. The first kappa shape index (κ1) is 21.5. The minimum Gasteiger partial charge on any atom is -0.481 e. The first-order chi connectivity index (χ1) is 14.3. The van der Waals surface area contributed by atoms with E-state index >= 15 is 0 Å². The van der Waals surface area contributed by atoms with Crippen molar-refractivity contribution >= 4 is 32.7 Å². The molecule has 3 rings (SSSR count). The number of nitrogens with zero attached hydrogens (tertiary/aromatic N) is 1. The lowest BCUT2D eigenvalue weighted by Gasteiger charge is -2.21. The fourth-order valence-electron chi connectivity index (χ4n) is 3.15. The summed E-state index contributed by atoms with van der Waals surface area (Å²) < 4.78 is 26.7. The molecule has 1 unspecified atom stereocenters. The summed E-state index contributed by atoms with van der Waals surface area (Å²) in [6.45, 7) is -0.432. The molecule has 0 aliphatic carbocycles. The molecule has 0 saturated carbocycles. The van der Waals surface area contributed by atoms with Crippen LogP contribution in [0, 0.1) is 0 Å². The van der Waals surface area contributed by atoms with Gasteiger partial charge in [0, 0.05) is 7.05 Å². The van der Waals surface area contributed by atoms with E-state index in [1.54, 1.807) is 42.5 Å². The van der Waals surface area contributed by atoms with Gasteiger partial charge in [-0.1, -0.05) is 60.7 Å². The Hall–Kier alpha value is -3.23. The molecule has 0 heterocycles. The van der Waals surface area contributed by atoms with Crippen molar-refractivity contribution in [2.24, 2.45) is 0 Å². The number of sulfonamides is 1. The second kappa shape index (κ2) is 9.06. The number of aliphatic carboxylic acids is 1. The summed E-state index contributed by atoms with van der Waals surface area (Å²) in [5.41, 5.74) is 0.633. The van der Waals surface area contributed by atoms with Crippen LogP contribution in [-0.2, 0) is 19.6 Å². The third kappa shape index (κ3) is 5.03. The molecule has 0 fully saturated rings. The summed E-state index contributed by atoms with van der Waals surface area (Å²) in [5, 5.41) is 13.5. The van der Waals surface area contributed by atoms with Gasteiger partial charge < -0.3 is 10.4 Å². The molecule has 1 atom stereocenters. The molecule has 30 heavy (non-hydrogen) atoms. The van der Waals surface area contributed by atoms with E-state index in [1.165, 1.54) is 13.1 Å². The Morgan fingerprint density at radius 3 is 2.27 bits per heavy atom. The van der Waals surface area contributed by atoms with Crippen LogP contribution in [-0.4, -0.2) is 43.3 Å². The minimum absolute atomic E-state index is 0.0849. The molecule has 3 aromatic rings. The average Bonchev–Trinajstić information content (AvgIpc) is 2.73. The molecule has 0 aromatic heterocycles. The van der Waals surface area contributed by atoms with Crippen molar-refractivity contribution in [3.8, 4) is 0 Å². The zero-order valence-corrected chi connectivity index (χ0v) is 17.2. The van der Waals surface area contributed by atoms with Gasteiger partial charge in [-0.2, -0.15) is 4.31 Å². The van der Waals surface area contributed by atoms with Crippen LogP contribution in [0.25, 0.3) is 10.8 Å². The maximum absolute atomic E-state index is 12.9. The quantitative estimate of drug-likeness (QED) is 0.576. The third-order valence-corrected chi connectivity index (χ3v) is 6.51. The van der Waals surface area contributed by atoms with E-state index in [4.69, 9.17) is 5.11 Å². The number of nitrogens with one attached hydrogen (secondary N) is 1. The highest BCUT2D eigenvalue weighted by Crippen LogP contribution is 2.21. The summed E-state index contributed by atoms with van der Waals surface area (Å²) in [5.74, 6) is -1.65. The molecule has 0 spiro atoms. The van der Waals surface area contributed by atoms with E-state index in [1.807, 2.05) is 24.3 Å². The van der Waals surface area contributed by atoms with Crippen LogP contribution in [0.4, 0.5) is 0 Å². The Bertz CT molecular complexity index is 1160. The molecule has 0 aliphatic rings. The molecule has 0 radical (unpaired) electrons. The van der Waals surface area contributed by atoms with Crippen LogP contribution in [0.5, 0.6) is 0 Å². The van der Waals surface area contributed by atoms with Gasteiger partial charge in [-0.05, 0) is 28.5 Å². The van der Waals surface area contributed by atoms with Crippen LogP contribution in [0.2, 0.25) is 0 Å². The summed E-state index contributed by atoms with van der Waals surface area (Å²) in [4.78, 5) is 23.8. The molecule has 8 heteroatoms. The predicted molar refractivity (Wildman–Crippen MR) is 113 cm³/mol. The topological polar surface area (TPSA) is 104 Å². The number of carbonyl (C=O) groups excluding carboxylic acids is 1. The van der Waals surface area contributed by atoms with Crippen LogP contribution in [0.1, 0.15) is 18.0 Å². The highest BCUT2D eigenvalue weighted by Gasteiger charge is 2.25. The van der Waals surface area contributed by atoms with Gasteiger partial charge in [0.1, 0.15) is 0 Å². The first-order valence-electron chi connectivity index (χ1n) is 9.28. The third-order valence-electron chi connectivity index (χ3n) is 4.71. The number of hydrogen-bond acceptors (Lipinski definition) is 4. The van der Waals surface area contributed by atoms with Gasteiger partial charge in [-0.15, -0.1) is 0 Å². The maximum Gasteiger partial charge on any atom is 0.305 e. The SMILES string of the molecule is CN(CC(=O)NC(CC(=O)O)c1ccccc1)S(=O)(=O)c1ccc2ccccc2c1. The minimum atomic E-state index is -3.89. The van der Waals surface area contributed by atoms with E-state index in [0.29, 0.717) is 5.56 Å². The fourth-order valence-corrected chi connectivity index (χ4v) is 4.31. The number of carbonyl (C=O) groups is 2. The maximum atomic E-state index is 12.9. The molecule has 0 saturated heterocycles. The van der Waals surface area contributed by atoms with Gasteiger partial charge in [0.15, 0.2) is 0 Å². The van der Waals surface area contributed by atoms with Crippen molar-refractivity contribution in [3.63, 3.8) is 0 Å². The van der Waals surface area contributed by atoms with Crippen molar-refractivity contribution in [2.45, 2.75) is 17.4 Å². The van der Waals surface area contributed by atoms with Crippen LogP contribution < -0.4 is 5.32 Å². The molecule has 7 nitrogen and oxygen atoms in total. The number of rotatable bonds is 8. The van der Waals surface area contributed by atoms with Gasteiger partial charge in [0.05, 0.1) is 23.9 Å². The first-order valence-corrected chi connectivity index (χ1v) is 10.7. The number of carboxylic acid groups (broad SMARTS) is 1. The largest absolute Gasteiger partial charge is 0.481 e. The van der Waals surface area contributed by atoms with Gasteiger partial charge in [0.25, 0.3) is 0 Å². The standard InChI is InChI=1S/C22H22N2O5S/c1-24(30(28,29)19-12-11-16-7-5-6-10-18(16)13-19)15-21(25)23-20(14-22(26)27)17-8-3-2-4-9-17/h2-13,20H,14-15H2,1H3,(H,23,25)(H,26,27). The van der Waals surface area contributed by atoms with Crippen molar-refractivity contribution < 1.29 is 23.1 Å². The highest BCUT2D eigenvalue weighted by atomic mass is 32.2. The second-order valence-corrected chi connectivity index (χ2v) is 8.94. The van der Waals surface area contributed by atoms with E-state index < -0.39 is 34.5 Å². The molecular weight excluding hydrogens is 404 g/mol. The van der Waals surface area contributed by atoms with Crippen LogP contribution in [0.15, 0.2) is 77.7 Å². The normalized spacial score (nSPS) is 12.6. The molecule has 2 N–H and O–H groups in total. The number of amides is 1. The van der Waals surface area contributed by atoms with Crippen molar-refractivity contribution in [1.29, 1.82) is 0 Å². The average molecular weight is 426 g/mol. The highest BCUT2D eigenvalue weighted by molar-refractivity contribution is 7.89. The Labute approximate surface area is 175 Å². The molecule has 0 bridgehead atoms. The summed E-state index contributed by atoms with van der Waals surface area (Å²) in [7, 11) is -2.57. The van der Waals surface area contributed by atoms with Crippen LogP contribution in [0.3, 0.4) is 0 Å². The molecule has 156 valence electrons. The molecule has 3 aromatic carbocycles. The lowest BCUT2D eigenvalue weighted by Crippen LogP contribution is -2.40. The Morgan fingerprint density at radius 2 is 1.60 bits per heavy atom. The van der Waals surface area contributed by atoms with Crippen molar-refractivity contribution in [1.82, 2.24) is 9.62 Å². The number of carboxylic acids is 1. The van der Waals surface area contributed by atoms with Crippen LogP contribution >= 0.6 is 0 Å². The smallest absolute Gasteiger partial charge is 0.305 e.